The number of piperidine rings is 1. The number of rotatable bonds is 7. The van der Waals surface area contributed by atoms with Crippen LogP contribution in [0.5, 0.6) is 0 Å². The highest BCUT2D eigenvalue weighted by Crippen LogP contribution is 2.30. The summed E-state index contributed by atoms with van der Waals surface area (Å²) < 4.78 is 2.20. The Hall–Kier alpha value is -2.18. The van der Waals surface area contributed by atoms with E-state index in [0.717, 1.165) is 45.4 Å². The van der Waals surface area contributed by atoms with E-state index in [1.54, 1.807) is 7.05 Å². The number of aromatic nitrogens is 2. The second kappa shape index (κ2) is 11.0. The molecule has 2 aliphatic carbocycles. The maximum absolute atomic E-state index is 12.7. The quantitative estimate of drug-likeness (QED) is 0.653. The second-order valence-corrected chi connectivity index (χ2v) is 10.7. The molecule has 3 aliphatic rings. The van der Waals surface area contributed by atoms with E-state index < -0.39 is 0 Å². The Labute approximate surface area is 204 Å². The van der Waals surface area contributed by atoms with Gasteiger partial charge in [0.1, 0.15) is 0 Å². The van der Waals surface area contributed by atoms with E-state index in [4.69, 9.17) is 5.10 Å². The van der Waals surface area contributed by atoms with Crippen molar-refractivity contribution in [1.29, 1.82) is 0 Å². The number of fused-ring (bicyclic) bond motifs is 1. The molecule has 1 aromatic heterocycles. The molecular weight excluding hydrogens is 422 g/mol. The number of carbonyl (C=O) groups excluding carboxylic acids is 1. The molecule has 0 unspecified atom stereocenters. The first kappa shape index (κ1) is 23.6. The highest BCUT2D eigenvalue weighted by Gasteiger charge is 2.31. The Morgan fingerprint density at radius 3 is 2.50 bits per heavy atom. The number of hydrogen-bond acceptors (Lipinski definition) is 4. The van der Waals surface area contributed by atoms with Gasteiger partial charge in [-0.3, -0.25) is 14.4 Å². The van der Waals surface area contributed by atoms with Crippen molar-refractivity contribution < 1.29 is 4.79 Å². The third-order valence-corrected chi connectivity index (χ3v) is 8.25. The Morgan fingerprint density at radius 2 is 1.76 bits per heavy atom. The molecule has 1 saturated heterocycles. The lowest BCUT2D eigenvalue weighted by atomic mass is 9.88. The van der Waals surface area contributed by atoms with E-state index in [0.29, 0.717) is 23.7 Å². The maximum atomic E-state index is 12.7. The zero-order valence-corrected chi connectivity index (χ0v) is 20.8. The molecule has 0 bridgehead atoms. The van der Waals surface area contributed by atoms with Crippen LogP contribution in [0, 0.1) is 5.92 Å². The van der Waals surface area contributed by atoms with Gasteiger partial charge in [0.25, 0.3) is 5.91 Å². The van der Waals surface area contributed by atoms with Crippen molar-refractivity contribution in [3.05, 3.63) is 52.8 Å². The number of carbonyl (C=O) groups is 1. The van der Waals surface area contributed by atoms with E-state index in [1.807, 2.05) is 0 Å². The van der Waals surface area contributed by atoms with E-state index >= 15 is 0 Å². The summed E-state index contributed by atoms with van der Waals surface area (Å²) in [7, 11) is 1.72. The molecule has 34 heavy (non-hydrogen) atoms. The van der Waals surface area contributed by atoms with E-state index in [9.17, 15) is 4.79 Å². The summed E-state index contributed by atoms with van der Waals surface area (Å²) in [6, 6.07) is 11.8. The fourth-order valence-electron chi connectivity index (χ4n) is 6.33. The summed E-state index contributed by atoms with van der Waals surface area (Å²) in [5.41, 5.74) is 4.58. The second-order valence-electron chi connectivity index (χ2n) is 10.7. The predicted octanol–water partition coefficient (Wildman–Crippen LogP) is 3.93. The highest BCUT2D eigenvalue weighted by atomic mass is 16.1. The molecule has 2 fully saturated rings. The zero-order valence-electron chi connectivity index (χ0n) is 20.8. The fraction of sp³-hybridized carbons (Fsp3) is 0.643. The van der Waals surface area contributed by atoms with Crippen LogP contribution in [0.3, 0.4) is 0 Å². The summed E-state index contributed by atoms with van der Waals surface area (Å²) in [4.78, 5) is 15.2. The first-order valence-electron chi connectivity index (χ1n) is 13.5. The first-order chi connectivity index (χ1) is 16.7. The molecule has 0 radical (unpaired) electrons. The van der Waals surface area contributed by atoms with Gasteiger partial charge in [0.05, 0.1) is 0 Å². The van der Waals surface area contributed by atoms with Crippen molar-refractivity contribution in [2.24, 2.45) is 5.92 Å². The summed E-state index contributed by atoms with van der Waals surface area (Å²) in [5.74, 6) is 0.681. The summed E-state index contributed by atoms with van der Waals surface area (Å²) in [6.07, 6.45) is 12.1. The molecule has 2 heterocycles. The minimum Gasteiger partial charge on any atom is -0.354 e. The summed E-state index contributed by atoms with van der Waals surface area (Å²) in [5, 5.41) is 11.6. The number of hydrogen-bond donors (Lipinski definition) is 2. The maximum Gasteiger partial charge on any atom is 0.271 e. The molecular formula is C28H41N5O. The van der Waals surface area contributed by atoms with Crippen LogP contribution in [-0.4, -0.2) is 52.8 Å². The van der Waals surface area contributed by atoms with E-state index in [-0.39, 0.29) is 5.91 Å². The molecule has 1 saturated carbocycles. The largest absolute Gasteiger partial charge is 0.354 e. The van der Waals surface area contributed by atoms with Crippen molar-refractivity contribution in [3.63, 3.8) is 0 Å². The van der Waals surface area contributed by atoms with Crippen LogP contribution in [0.15, 0.2) is 30.3 Å². The van der Waals surface area contributed by atoms with Gasteiger partial charge in [-0.25, -0.2) is 0 Å². The van der Waals surface area contributed by atoms with Gasteiger partial charge in [0.2, 0.25) is 0 Å². The van der Waals surface area contributed by atoms with Crippen LogP contribution in [-0.2, 0) is 25.9 Å². The highest BCUT2D eigenvalue weighted by molar-refractivity contribution is 5.93. The molecule has 184 valence electrons. The van der Waals surface area contributed by atoms with Gasteiger partial charge >= 0.3 is 0 Å². The molecule has 2 aromatic rings. The van der Waals surface area contributed by atoms with E-state index in [2.05, 4.69) is 50.5 Å². The van der Waals surface area contributed by atoms with Gasteiger partial charge in [-0.1, -0.05) is 49.6 Å². The molecule has 1 amide bonds. The van der Waals surface area contributed by atoms with Crippen molar-refractivity contribution in [2.75, 3.05) is 20.1 Å². The van der Waals surface area contributed by atoms with Crippen molar-refractivity contribution in [3.8, 4) is 0 Å². The van der Waals surface area contributed by atoms with E-state index in [1.165, 1.54) is 61.8 Å². The minimum absolute atomic E-state index is 0.0338. The van der Waals surface area contributed by atoms with Crippen LogP contribution >= 0.6 is 0 Å². The molecule has 1 aromatic carbocycles. The Kier molecular flexibility index (Phi) is 7.65. The Morgan fingerprint density at radius 1 is 1.00 bits per heavy atom. The third-order valence-electron chi connectivity index (χ3n) is 8.25. The number of nitrogens with zero attached hydrogens (tertiary/aromatic N) is 3. The van der Waals surface area contributed by atoms with Gasteiger partial charge in [-0.15, -0.1) is 0 Å². The monoisotopic (exact) mass is 463 g/mol. The predicted molar refractivity (Wildman–Crippen MR) is 136 cm³/mol. The van der Waals surface area contributed by atoms with Crippen molar-refractivity contribution in [2.45, 2.75) is 89.4 Å². The lowest BCUT2D eigenvalue weighted by Gasteiger charge is -2.35. The van der Waals surface area contributed by atoms with Crippen LogP contribution in [0.4, 0.5) is 0 Å². The topological polar surface area (TPSA) is 62.2 Å². The molecule has 5 rings (SSSR count). The van der Waals surface area contributed by atoms with Gasteiger partial charge < -0.3 is 10.6 Å². The van der Waals surface area contributed by atoms with Crippen LogP contribution in [0.1, 0.15) is 78.7 Å². The van der Waals surface area contributed by atoms with Crippen molar-refractivity contribution >= 4 is 5.91 Å². The lowest BCUT2D eigenvalue weighted by molar-refractivity contribution is 0.0956. The number of likely N-dealkylation sites (tertiary alicyclic amines) is 1. The van der Waals surface area contributed by atoms with Gasteiger partial charge in [0.15, 0.2) is 5.69 Å². The molecule has 0 spiro atoms. The molecule has 1 atom stereocenters. The van der Waals surface area contributed by atoms with Crippen LogP contribution in [0.2, 0.25) is 0 Å². The number of benzene rings is 1. The third kappa shape index (κ3) is 5.55. The average molecular weight is 464 g/mol. The molecule has 2 N–H and O–H groups in total. The van der Waals surface area contributed by atoms with Gasteiger partial charge in [-0.05, 0) is 69.5 Å². The average Bonchev–Trinajstić information content (AvgIpc) is 3.23. The number of amides is 1. The van der Waals surface area contributed by atoms with Gasteiger partial charge in [-0.2, -0.15) is 5.10 Å². The minimum atomic E-state index is -0.0338. The standard InChI is InChI=1S/C28H41N5O/c1-29-28(34)27-25-18-24(12-13-26(25)33(31-27)20-22-10-6-3-7-11-22)30-23-14-16-32(17-15-23)19-21-8-4-2-5-9-21/h2,4-5,8-9,22-24,30H,3,6-7,10-20H2,1H3,(H,29,34)/t24-/m1/s1. The lowest BCUT2D eigenvalue weighted by Crippen LogP contribution is -2.47. The Balaban J connectivity index is 1.19. The number of nitrogens with one attached hydrogen (secondary N) is 2. The zero-order chi connectivity index (χ0) is 23.3. The summed E-state index contributed by atoms with van der Waals surface area (Å²) in [6.45, 7) is 4.33. The molecule has 6 heteroatoms. The summed E-state index contributed by atoms with van der Waals surface area (Å²) >= 11 is 0. The SMILES string of the molecule is CNC(=O)c1nn(CC2CCCCC2)c2c1C[C@H](NC1CCN(Cc3ccccc3)CC1)CC2. The fourth-order valence-corrected chi connectivity index (χ4v) is 6.33. The Bertz CT molecular complexity index is 941. The van der Waals surface area contributed by atoms with Gasteiger partial charge in [0, 0.05) is 43.5 Å². The van der Waals surface area contributed by atoms with Crippen LogP contribution in [0.25, 0.3) is 0 Å². The van der Waals surface area contributed by atoms with Crippen molar-refractivity contribution in [1.82, 2.24) is 25.3 Å². The van der Waals surface area contributed by atoms with Crippen LogP contribution < -0.4 is 10.6 Å². The first-order valence-corrected chi connectivity index (χ1v) is 13.5. The molecule has 6 nitrogen and oxygen atoms in total. The molecule has 1 aliphatic heterocycles. The normalized spacial score (nSPS) is 22.4. The smallest absolute Gasteiger partial charge is 0.271 e.